The second kappa shape index (κ2) is 7.83. The number of benzene rings is 1. The standard InChI is InChI=1S/C18H22N4O/c23-18(17-13-19-15-20-14-17)22-9-4-8-21(11-12-22)10-7-16-5-2-1-3-6-16/h1-3,5-6,13-15H,4,7-12H2. The van der Waals surface area contributed by atoms with Crippen LogP contribution in [-0.4, -0.2) is 58.4 Å². The fraction of sp³-hybridized carbons (Fsp3) is 0.389. The number of rotatable bonds is 4. The number of nitrogens with zero attached hydrogens (tertiary/aromatic N) is 4. The summed E-state index contributed by atoms with van der Waals surface area (Å²) in [4.78, 5) is 24.7. The molecule has 1 fully saturated rings. The summed E-state index contributed by atoms with van der Waals surface area (Å²) in [7, 11) is 0. The predicted octanol–water partition coefficient (Wildman–Crippen LogP) is 1.87. The molecule has 1 aromatic carbocycles. The molecule has 23 heavy (non-hydrogen) atoms. The fourth-order valence-electron chi connectivity index (χ4n) is 2.92. The lowest BCUT2D eigenvalue weighted by Gasteiger charge is -2.22. The largest absolute Gasteiger partial charge is 0.337 e. The van der Waals surface area contributed by atoms with Crippen LogP contribution in [0.2, 0.25) is 0 Å². The van der Waals surface area contributed by atoms with Gasteiger partial charge in [0.15, 0.2) is 0 Å². The van der Waals surface area contributed by atoms with Gasteiger partial charge in [-0.2, -0.15) is 0 Å². The number of hydrogen-bond acceptors (Lipinski definition) is 4. The molecule has 0 unspecified atom stereocenters. The topological polar surface area (TPSA) is 49.3 Å². The lowest BCUT2D eigenvalue weighted by Crippen LogP contribution is -2.35. The molecular weight excluding hydrogens is 288 g/mol. The van der Waals surface area contributed by atoms with Crippen molar-refractivity contribution < 1.29 is 4.79 Å². The zero-order chi connectivity index (χ0) is 15.9. The van der Waals surface area contributed by atoms with Gasteiger partial charge in [-0.15, -0.1) is 0 Å². The average Bonchev–Trinajstić information content (AvgIpc) is 2.87. The van der Waals surface area contributed by atoms with Crippen molar-refractivity contribution in [3.8, 4) is 0 Å². The highest BCUT2D eigenvalue weighted by molar-refractivity contribution is 5.93. The van der Waals surface area contributed by atoms with Gasteiger partial charge in [-0.3, -0.25) is 4.79 Å². The maximum atomic E-state index is 12.5. The minimum Gasteiger partial charge on any atom is -0.337 e. The van der Waals surface area contributed by atoms with Crippen molar-refractivity contribution in [2.75, 3.05) is 32.7 Å². The van der Waals surface area contributed by atoms with E-state index < -0.39 is 0 Å². The molecule has 0 N–H and O–H groups in total. The monoisotopic (exact) mass is 310 g/mol. The van der Waals surface area contributed by atoms with E-state index in [1.807, 2.05) is 11.0 Å². The van der Waals surface area contributed by atoms with E-state index in [0.717, 1.165) is 45.6 Å². The molecule has 120 valence electrons. The van der Waals surface area contributed by atoms with Crippen molar-refractivity contribution in [1.29, 1.82) is 0 Å². The summed E-state index contributed by atoms with van der Waals surface area (Å²) in [6.45, 7) is 4.58. The Morgan fingerprint density at radius 2 is 1.78 bits per heavy atom. The lowest BCUT2D eigenvalue weighted by atomic mass is 10.1. The maximum Gasteiger partial charge on any atom is 0.257 e. The molecule has 0 atom stereocenters. The molecule has 0 radical (unpaired) electrons. The highest BCUT2D eigenvalue weighted by atomic mass is 16.2. The van der Waals surface area contributed by atoms with E-state index in [0.29, 0.717) is 5.56 Å². The molecular formula is C18H22N4O. The number of carbonyl (C=O) groups excluding carboxylic acids is 1. The number of hydrogen-bond donors (Lipinski definition) is 0. The van der Waals surface area contributed by atoms with E-state index in [1.54, 1.807) is 12.4 Å². The van der Waals surface area contributed by atoms with Gasteiger partial charge in [-0.1, -0.05) is 30.3 Å². The zero-order valence-electron chi connectivity index (χ0n) is 13.3. The molecule has 1 aromatic heterocycles. The summed E-state index contributed by atoms with van der Waals surface area (Å²) in [5, 5.41) is 0. The molecule has 1 amide bonds. The summed E-state index contributed by atoms with van der Waals surface area (Å²) >= 11 is 0. The first kappa shape index (κ1) is 15.6. The van der Waals surface area contributed by atoms with Crippen LogP contribution >= 0.6 is 0 Å². The minimum atomic E-state index is 0.0375. The molecule has 2 aromatic rings. The van der Waals surface area contributed by atoms with Crippen LogP contribution in [0.25, 0.3) is 0 Å². The molecule has 5 heteroatoms. The Morgan fingerprint density at radius 3 is 2.57 bits per heavy atom. The normalized spacial score (nSPS) is 16.1. The van der Waals surface area contributed by atoms with Crippen LogP contribution < -0.4 is 0 Å². The van der Waals surface area contributed by atoms with Gasteiger partial charge >= 0.3 is 0 Å². The van der Waals surface area contributed by atoms with E-state index in [2.05, 4.69) is 39.1 Å². The van der Waals surface area contributed by atoms with Gasteiger partial charge in [0.05, 0.1) is 5.56 Å². The molecule has 0 bridgehead atoms. The minimum absolute atomic E-state index is 0.0375. The molecule has 1 aliphatic heterocycles. The first-order valence-electron chi connectivity index (χ1n) is 8.13. The summed E-state index contributed by atoms with van der Waals surface area (Å²) in [5.74, 6) is 0.0375. The molecule has 1 aliphatic rings. The van der Waals surface area contributed by atoms with E-state index in [9.17, 15) is 4.79 Å². The molecule has 3 rings (SSSR count). The third-order valence-electron chi connectivity index (χ3n) is 4.24. The van der Waals surface area contributed by atoms with Gasteiger partial charge in [0.25, 0.3) is 5.91 Å². The number of carbonyl (C=O) groups is 1. The van der Waals surface area contributed by atoms with Gasteiger partial charge in [0.1, 0.15) is 6.33 Å². The van der Waals surface area contributed by atoms with Crippen molar-refractivity contribution in [2.45, 2.75) is 12.8 Å². The molecule has 5 nitrogen and oxygen atoms in total. The molecule has 0 saturated carbocycles. The van der Waals surface area contributed by atoms with Gasteiger partial charge in [-0.25, -0.2) is 9.97 Å². The van der Waals surface area contributed by atoms with E-state index >= 15 is 0 Å². The highest BCUT2D eigenvalue weighted by Gasteiger charge is 2.20. The van der Waals surface area contributed by atoms with Crippen molar-refractivity contribution in [2.24, 2.45) is 0 Å². The zero-order valence-corrected chi connectivity index (χ0v) is 13.3. The van der Waals surface area contributed by atoms with Gasteiger partial charge < -0.3 is 9.80 Å². The Bertz CT molecular complexity index is 617. The molecule has 0 aliphatic carbocycles. The Morgan fingerprint density at radius 1 is 1.00 bits per heavy atom. The van der Waals surface area contributed by atoms with Crippen LogP contribution in [0.15, 0.2) is 49.1 Å². The predicted molar refractivity (Wildman–Crippen MR) is 89.1 cm³/mol. The highest BCUT2D eigenvalue weighted by Crippen LogP contribution is 2.09. The van der Waals surface area contributed by atoms with Crippen LogP contribution in [0.4, 0.5) is 0 Å². The van der Waals surface area contributed by atoms with Crippen LogP contribution in [0.3, 0.4) is 0 Å². The summed E-state index contributed by atoms with van der Waals surface area (Å²) in [5.41, 5.74) is 1.94. The lowest BCUT2D eigenvalue weighted by molar-refractivity contribution is 0.0760. The second-order valence-electron chi connectivity index (χ2n) is 5.85. The third kappa shape index (κ3) is 4.36. The van der Waals surface area contributed by atoms with E-state index in [1.165, 1.54) is 11.9 Å². The number of aromatic nitrogens is 2. The molecule has 0 spiro atoms. The number of amides is 1. The van der Waals surface area contributed by atoms with Crippen LogP contribution in [0.1, 0.15) is 22.3 Å². The Kier molecular flexibility index (Phi) is 5.32. The van der Waals surface area contributed by atoms with Crippen LogP contribution in [0, 0.1) is 0 Å². The van der Waals surface area contributed by atoms with Crippen LogP contribution in [0.5, 0.6) is 0 Å². The van der Waals surface area contributed by atoms with Crippen molar-refractivity contribution >= 4 is 5.91 Å². The third-order valence-corrected chi connectivity index (χ3v) is 4.24. The van der Waals surface area contributed by atoms with Crippen molar-refractivity contribution in [3.63, 3.8) is 0 Å². The maximum absolute atomic E-state index is 12.5. The Hall–Kier alpha value is -2.27. The van der Waals surface area contributed by atoms with Crippen LogP contribution in [-0.2, 0) is 6.42 Å². The summed E-state index contributed by atoms with van der Waals surface area (Å²) in [6, 6.07) is 10.6. The quantitative estimate of drug-likeness (QED) is 0.865. The van der Waals surface area contributed by atoms with Gasteiger partial charge in [-0.05, 0) is 24.9 Å². The van der Waals surface area contributed by atoms with Gasteiger partial charge in [0, 0.05) is 38.6 Å². The second-order valence-corrected chi connectivity index (χ2v) is 5.85. The average molecular weight is 310 g/mol. The molecule has 1 saturated heterocycles. The summed E-state index contributed by atoms with van der Waals surface area (Å²) < 4.78 is 0. The van der Waals surface area contributed by atoms with Crippen molar-refractivity contribution in [1.82, 2.24) is 19.8 Å². The first-order chi connectivity index (χ1) is 11.3. The summed E-state index contributed by atoms with van der Waals surface area (Å²) in [6.07, 6.45) is 6.70. The first-order valence-corrected chi connectivity index (χ1v) is 8.13. The van der Waals surface area contributed by atoms with Gasteiger partial charge in [0.2, 0.25) is 0 Å². The fourth-order valence-corrected chi connectivity index (χ4v) is 2.92. The molecule has 2 heterocycles. The van der Waals surface area contributed by atoms with E-state index in [-0.39, 0.29) is 5.91 Å². The SMILES string of the molecule is O=C(c1cncnc1)N1CCCN(CCc2ccccc2)CC1. The Labute approximate surface area is 137 Å². The Balaban J connectivity index is 1.52. The van der Waals surface area contributed by atoms with E-state index in [4.69, 9.17) is 0 Å². The van der Waals surface area contributed by atoms with Crippen molar-refractivity contribution in [3.05, 3.63) is 60.2 Å². The smallest absolute Gasteiger partial charge is 0.257 e.